The highest BCUT2D eigenvalue weighted by Crippen LogP contribution is 2.41. The predicted octanol–water partition coefficient (Wildman–Crippen LogP) is 7.36. The molecule has 0 amide bonds. The fourth-order valence-corrected chi connectivity index (χ4v) is 5.21. The SMILES string of the molecule is C=CC(=O)OCCCC(=O)OCCOc1c(Br)cc(C(=C(C(C)C)C(C)C)C(C)C)cc1Br. The van der Waals surface area contributed by atoms with Gasteiger partial charge in [0.25, 0.3) is 0 Å². The van der Waals surface area contributed by atoms with E-state index in [0.29, 0.717) is 29.9 Å². The number of halogens is 2. The second kappa shape index (κ2) is 14.6. The molecule has 1 aromatic rings. The topological polar surface area (TPSA) is 61.8 Å². The van der Waals surface area contributed by atoms with Gasteiger partial charge in [-0.15, -0.1) is 0 Å². The molecule has 0 aromatic heterocycles. The van der Waals surface area contributed by atoms with Crippen molar-refractivity contribution in [3.05, 3.63) is 44.9 Å². The van der Waals surface area contributed by atoms with Crippen LogP contribution in [0.1, 0.15) is 59.9 Å². The first kappa shape index (κ1) is 29.4. The van der Waals surface area contributed by atoms with Crippen LogP contribution in [-0.4, -0.2) is 31.8 Å². The minimum atomic E-state index is -0.500. The first-order valence-corrected chi connectivity index (χ1v) is 12.9. The van der Waals surface area contributed by atoms with Crippen LogP contribution in [0.25, 0.3) is 5.57 Å². The molecule has 0 radical (unpaired) electrons. The van der Waals surface area contributed by atoms with Gasteiger partial charge in [-0.05, 0) is 79.3 Å². The molecule has 1 aromatic carbocycles. The highest BCUT2D eigenvalue weighted by atomic mass is 79.9. The molecular weight excluding hydrogens is 552 g/mol. The number of carbonyl (C=O) groups is 2. The van der Waals surface area contributed by atoms with E-state index >= 15 is 0 Å². The van der Waals surface area contributed by atoms with Crippen LogP contribution in [0.15, 0.2) is 39.3 Å². The van der Waals surface area contributed by atoms with Crippen molar-refractivity contribution in [3.63, 3.8) is 0 Å². The maximum Gasteiger partial charge on any atom is 0.330 e. The Morgan fingerprint density at radius 3 is 1.97 bits per heavy atom. The summed E-state index contributed by atoms with van der Waals surface area (Å²) in [5.74, 6) is 1.11. The first-order chi connectivity index (χ1) is 15.5. The Morgan fingerprint density at radius 2 is 1.48 bits per heavy atom. The van der Waals surface area contributed by atoms with Crippen LogP contribution in [0.5, 0.6) is 5.75 Å². The molecule has 0 bridgehead atoms. The van der Waals surface area contributed by atoms with Crippen LogP contribution in [0.3, 0.4) is 0 Å². The van der Waals surface area contributed by atoms with Crippen LogP contribution >= 0.6 is 31.9 Å². The van der Waals surface area contributed by atoms with Gasteiger partial charge >= 0.3 is 11.9 Å². The van der Waals surface area contributed by atoms with Crippen molar-refractivity contribution in [2.45, 2.75) is 54.4 Å². The molecule has 33 heavy (non-hydrogen) atoms. The zero-order valence-electron chi connectivity index (χ0n) is 20.5. The molecule has 5 nitrogen and oxygen atoms in total. The summed E-state index contributed by atoms with van der Waals surface area (Å²) in [6, 6.07) is 4.19. The van der Waals surface area contributed by atoms with Gasteiger partial charge in [-0.25, -0.2) is 4.79 Å². The quantitative estimate of drug-likeness (QED) is 0.137. The van der Waals surface area contributed by atoms with Gasteiger partial charge in [0, 0.05) is 12.5 Å². The number of esters is 2. The van der Waals surface area contributed by atoms with Crippen molar-refractivity contribution in [1.29, 1.82) is 0 Å². The monoisotopic (exact) mass is 586 g/mol. The fraction of sp³-hybridized carbons (Fsp3) is 0.538. The molecule has 0 spiro atoms. The van der Waals surface area contributed by atoms with Crippen molar-refractivity contribution in [3.8, 4) is 5.75 Å². The van der Waals surface area contributed by atoms with Gasteiger partial charge in [-0.2, -0.15) is 0 Å². The highest BCUT2D eigenvalue weighted by Gasteiger charge is 2.21. The second-order valence-electron chi connectivity index (χ2n) is 8.65. The number of allylic oxidation sites excluding steroid dienone is 2. The van der Waals surface area contributed by atoms with E-state index in [-0.39, 0.29) is 32.2 Å². The molecule has 0 atom stereocenters. The molecule has 0 aliphatic heterocycles. The van der Waals surface area contributed by atoms with Crippen LogP contribution in [0.2, 0.25) is 0 Å². The standard InChI is InChI=1S/C26H36Br2O5/c1-8-22(29)31-11-9-10-23(30)32-12-13-33-26-20(27)14-19(15-21(26)28)25(18(6)7)24(16(2)3)17(4)5/h8,14-18H,1,9-13H2,2-7H3. The van der Waals surface area contributed by atoms with E-state index in [9.17, 15) is 9.59 Å². The summed E-state index contributed by atoms with van der Waals surface area (Å²) in [5, 5.41) is 0. The molecule has 0 saturated heterocycles. The third-order valence-corrected chi connectivity index (χ3v) is 6.15. The van der Waals surface area contributed by atoms with E-state index in [1.807, 2.05) is 0 Å². The fourth-order valence-electron chi connectivity index (χ4n) is 3.79. The average molecular weight is 588 g/mol. The van der Waals surface area contributed by atoms with Crippen LogP contribution < -0.4 is 4.74 Å². The number of hydrogen-bond acceptors (Lipinski definition) is 5. The zero-order chi connectivity index (χ0) is 25.1. The van der Waals surface area contributed by atoms with E-state index < -0.39 is 5.97 Å². The summed E-state index contributed by atoms with van der Waals surface area (Å²) < 4.78 is 17.6. The van der Waals surface area contributed by atoms with Crippen LogP contribution in [0, 0.1) is 17.8 Å². The Balaban J connectivity index is 2.77. The van der Waals surface area contributed by atoms with Gasteiger partial charge in [0.05, 0.1) is 15.6 Å². The van der Waals surface area contributed by atoms with E-state index in [1.165, 1.54) is 11.1 Å². The summed E-state index contributed by atoms with van der Waals surface area (Å²) in [6.07, 6.45) is 1.66. The van der Waals surface area contributed by atoms with E-state index in [1.54, 1.807) is 0 Å². The van der Waals surface area contributed by atoms with Crippen molar-refractivity contribution < 1.29 is 23.8 Å². The predicted molar refractivity (Wildman–Crippen MR) is 140 cm³/mol. The molecule has 0 aliphatic rings. The molecule has 0 aliphatic carbocycles. The minimum absolute atomic E-state index is 0.133. The number of ether oxygens (including phenoxy) is 3. The largest absolute Gasteiger partial charge is 0.488 e. The zero-order valence-corrected chi connectivity index (χ0v) is 23.7. The Bertz CT molecular complexity index is 823. The van der Waals surface area contributed by atoms with Crippen LogP contribution in [-0.2, 0) is 19.1 Å². The van der Waals surface area contributed by atoms with Crippen molar-refractivity contribution >= 4 is 49.4 Å². The maximum absolute atomic E-state index is 11.8. The van der Waals surface area contributed by atoms with Gasteiger partial charge in [0.2, 0.25) is 0 Å². The normalized spacial score (nSPS) is 11.0. The molecule has 0 unspecified atom stereocenters. The lowest BCUT2D eigenvalue weighted by Crippen LogP contribution is -2.13. The van der Waals surface area contributed by atoms with Crippen molar-refractivity contribution in [2.24, 2.45) is 17.8 Å². The summed E-state index contributed by atoms with van der Waals surface area (Å²) in [7, 11) is 0. The third kappa shape index (κ3) is 9.65. The van der Waals surface area contributed by atoms with Gasteiger partial charge in [-0.3, -0.25) is 4.79 Å². The lowest BCUT2D eigenvalue weighted by atomic mass is 9.81. The lowest BCUT2D eigenvalue weighted by Gasteiger charge is -2.25. The van der Waals surface area contributed by atoms with Gasteiger partial charge in [-0.1, -0.05) is 53.7 Å². The summed E-state index contributed by atoms with van der Waals surface area (Å²) in [5.41, 5.74) is 3.99. The second-order valence-corrected chi connectivity index (χ2v) is 10.4. The minimum Gasteiger partial charge on any atom is -0.488 e. The first-order valence-electron chi connectivity index (χ1n) is 11.3. The lowest BCUT2D eigenvalue weighted by molar-refractivity contribution is -0.146. The maximum atomic E-state index is 11.8. The molecule has 0 N–H and O–H groups in total. The average Bonchev–Trinajstić information content (AvgIpc) is 2.72. The molecule has 1 rings (SSSR count). The van der Waals surface area contributed by atoms with Gasteiger partial charge in [0.1, 0.15) is 19.0 Å². The molecule has 0 saturated carbocycles. The van der Waals surface area contributed by atoms with Crippen molar-refractivity contribution in [1.82, 2.24) is 0 Å². The summed E-state index contributed by atoms with van der Waals surface area (Å²) in [6.45, 7) is 17.3. The third-order valence-electron chi connectivity index (χ3n) is 4.97. The number of carbonyl (C=O) groups excluding carboxylic acids is 2. The van der Waals surface area contributed by atoms with Gasteiger partial charge in [0.15, 0.2) is 0 Å². The van der Waals surface area contributed by atoms with Gasteiger partial charge < -0.3 is 14.2 Å². The van der Waals surface area contributed by atoms with Crippen molar-refractivity contribution in [2.75, 3.05) is 19.8 Å². The Labute approximate surface area is 215 Å². The van der Waals surface area contributed by atoms with E-state index in [4.69, 9.17) is 14.2 Å². The number of hydrogen-bond donors (Lipinski definition) is 0. The summed E-state index contributed by atoms with van der Waals surface area (Å²) >= 11 is 7.29. The molecular formula is C26H36Br2O5. The van der Waals surface area contributed by atoms with E-state index in [0.717, 1.165) is 20.6 Å². The Hall–Kier alpha value is -1.60. The molecule has 7 heteroatoms. The molecule has 0 fully saturated rings. The van der Waals surface area contributed by atoms with Crippen LogP contribution in [0.4, 0.5) is 0 Å². The smallest absolute Gasteiger partial charge is 0.330 e. The molecule has 0 heterocycles. The Kier molecular flexibility index (Phi) is 13.0. The Morgan fingerprint density at radius 1 is 0.909 bits per heavy atom. The highest BCUT2D eigenvalue weighted by molar-refractivity contribution is 9.11. The molecule has 184 valence electrons. The number of benzene rings is 1. The van der Waals surface area contributed by atoms with E-state index in [2.05, 4.69) is 92.1 Å². The number of rotatable bonds is 13. The summed E-state index contributed by atoms with van der Waals surface area (Å²) in [4.78, 5) is 22.8.